The molecule has 1 unspecified atom stereocenters. The Morgan fingerprint density at radius 3 is 2.21 bits per heavy atom. The average Bonchev–Trinajstić information content (AvgIpc) is 3.04. The number of nitrogens with zero attached hydrogens (tertiary/aromatic N) is 1. The van der Waals surface area contributed by atoms with Gasteiger partial charge in [0.25, 0.3) is 0 Å². The van der Waals surface area contributed by atoms with Gasteiger partial charge in [0, 0.05) is 29.3 Å². The van der Waals surface area contributed by atoms with Crippen LogP contribution < -0.4 is 5.46 Å². The van der Waals surface area contributed by atoms with E-state index >= 15 is 0 Å². The minimum absolute atomic E-state index is 0.0200. The van der Waals surface area contributed by atoms with Gasteiger partial charge < -0.3 is 14.0 Å². The first-order valence-electron chi connectivity index (χ1n) is 8.95. The van der Waals surface area contributed by atoms with E-state index in [9.17, 15) is 0 Å². The minimum Gasteiger partial charge on any atom is -0.399 e. The minimum atomic E-state index is -0.347. The highest BCUT2D eigenvalue weighted by molar-refractivity contribution is 6.62. The lowest BCUT2D eigenvalue weighted by Crippen LogP contribution is -2.41. The Morgan fingerprint density at radius 1 is 1.08 bits per heavy atom. The lowest BCUT2D eigenvalue weighted by Gasteiger charge is -2.32. The molecule has 132 valence electrons. The van der Waals surface area contributed by atoms with Crippen molar-refractivity contribution in [2.24, 2.45) is 0 Å². The van der Waals surface area contributed by atoms with Crippen molar-refractivity contribution in [2.45, 2.75) is 77.4 Å². The van der Waals surface area contributed by atoms with E-state index < -0.39 is 0 Å². The van der Waals surface area contributed by atoms with E-state index in [0.717, 1.165) is 36.5 Å². The van der Waals surface area contributed by atoms with Crippen LogP contribution >= 0.6 is 0 Å². The van der Waals surface area contributed by atoms with E-state index in [1.54, 1.807) is 0 Å². The molecular weight excluding hydrogens is 301 g/mol. The fourth-order valence-electron chi connectivity index (χ4n) is 3.05. The predicted octanol–water partition coefficient (Wildman–Crippen LogP) is 3.18. The van der Waals surface area contributed by atoms with E-state index in [1.165, 1.54) is 0 Å². The maximum atomic E-state index is 6.25. The molecule has 3 heterocycles. The second kappa shape index (κ2) is 5.82. The summed E-state index contributed by atoms with van der Waals surface area (Å²) in [6.45, 7) is 16.5. The molecule has 0 saturated carbocycles. The lowest BCUT2D eigenvalue weighted by molar-refractivity contribution is 0.00578. The fraction of sp³-hybridized carbons (Fsp3) is 0.737. The molecule has 2 aliphatic rings. The van der Waals surface area contributed by atoms with Crippen LogP contribution in [0.15, 0.2) is 12.1 Å². The molecule has 0 amide bonds. The monoisotopic (exact) mass is 331 g/mol. The van der Waals surface area contributed by atoms with Crippen molar-refractivity contribution in [3.05, 3.63) is 23.5 Å². The van der Waals surface area contributed by atoms with Crippen LogP contribution in [0.5, 0.6) is 0 Å². The van der Waals surface area contributed by atoms with Crippen molar-refractivity contribution in [3.63, 3.8) is 0 Å². The summed E-state index contributed by atoms with van der Waals surface area (Å²) in [5, 5.41) is 0. The summed E-state index contributed by atoms with van der Waals surface area (Å²) in [6, 6.07) is 4.29. The van der Waals surface area contributed by atoms with E-state index in [1.807, 2.05) is 0 Å². The van der Waals surface area contributed by atoms with Crippen molar-refractivity contribution in [2.75, 3.05) is 13.2 Å². The van der Waals surface area contributed by atoms with Crippen molar-refractivity contribution >= 4 is 12.6 Å². The second-order valence-corrected chi connectivity index (χ2v) is 9.11. The summed E-state index contributed by atoms with van der Waals surface area (Å²) >= 11 is 0. The lowest BCUT2D eigenvalue weighted by atomic mass is 9.76. The van der Waals surface area contributed by atoms with Gasteiger partial charge in [-0.3, -0.25) is 4.98 Å². The Labute approximate surface area is 146 Å². The standard InChI is InChI=1S/C19H30BNO3/c1-17(2,3)16-11-14(10-15(21-16)13-8-9-22-12-13)20-23-18(4,5)19(6,7)24-20/h10-11,13H,8-9,12H2,1-7H3. The topological polar surface area (TPSA) is 40.6 Å². The molecule has 0 bridgehead atoms. The first-order valence-corrected chi connectivity index (χ1v) is 8.95. The Balaban J connectivity index is 2.00. The highest BCUT2D eigenvalue weighted by Crippen LogP contribution is 2.37. The summed E-state index contributed by atoms with van der Waals surface area (Å²) < 4.78 is 18.1. The quantitative estimate of drug-likeness (QED) is 0.781. The first-order chi connectivity index (χ1) is 11.0. The van der Waals surface area contributed by atoms with Crippen LogP contribution in [0, 0.1) is 0 Å². The third-order valence-corrected chi connectivity index (χ3v) is 5.51. The largest absolute Gasteiger partial charge is 0.494 e. The van der Waals surface area contributed by atoms with E-state index in [0.29, 0.717) is 5.92 Å². The van der Waals surface area contributed by atoms with Gasteiger partial charge in [-0.15, -0.1) is 0 Å². The molecule has 2 saturated heterocycles. The van der Waals surface area contributed by atoms with Crippen LogP contribution in [-0.4, -0.2) is 36.5 Å². The van der Waals surface area contributed by atoms with Gasteiger partial charge in [0.05, 0.1) is 17.8 Å². The zero-order chi connectivity index (χ0) is 17.8. The maximum Gasteiger partial charge on any atom is 0.494 e. The molecule has 3 rings (SSSR count). The summed E-state index contributed by atoms with van der Waals surface area (Å²) in [4.78, 5) is 4.94. The number of rotatable bonds is 2. The van der Waals surface area contributed by atoms with Crippen LogP contribution in [0.25, 0.3) is 0 Å². The predicted molar refractivity (Wildman–Crippen MR) is 96.8 cm³/mol. The fourth-order valence-corrected chi connectivity index (χ4v) is 3.05. The average molecular weight is 331 g/mol. The van der Waals surface area contributed by atoms with E-state index in [2.05, 4.69) is 60.6 Å². The first kappa shape index (κ1) is 17.9. The zero-order valence-corrected chi connectivity index (χ0v) is 16.1. The van der Waals surface area contributed by atoms with Crippen molar-refractivity contribution in [1.29, 1.82) is 0 Å². The van der Waals surface area contributed by atoms with Crippen LogP contribution in [0.2, 0.25) is 0 Å². The Kier molecular flexibility index (Phi) is 4.34. The molecule has 0 spiro atoms. The van der Waals surface area contributed by atoms with Crippen LogP contribution in [0.1, 0.15) is 72.2 Å². The van der Waals surface area contributed by atoms with Crippen molar-refractivity contribution in [1.82, 2.24) is 4.98 Å². The van der Waals surface area contributed by atoms with Gasteiger partial charge in [-0.25, -0.2) is 0 Å². The molecule has 5 heteroatoms. The molecule has 1 aromatic rings. The third kappa shape index (κ3) is 3.26. The van der Waals surface area contributed by atoms with E-state index in [4.69, 9.17) is 19.0 Å². The van der Waals surface area contributed by atoms with Crippen LogP contribution in [0.3, 0.4) is 0 Å². The van der Waals surface area contributed by atoms with E-state index in [-0.39, 0.29) is 23.7 Å². The third-order valence-electron chi connectivity index (χ3n) is 5.51. The number of pyridine rings is 1. The number of ether oxygens (including phenoxy) is 1. The summed E-state index contributed by atoms with van der Waals surface area (Å²) in [7, 11) is -0.347. The Hall–Kier alpha value is -0.905. The van der Waals surface area contributed by atoms with Gasteiger partial charge in [0.2, 0.25) is 0 Å². The molecular formula is C19H30BNO3. The van der Waals surface area contributed by atoms with Gasteiger partial charge in [-0.2, -0.15) is 0 Å². The molecule has 2 aliphatic heterocycles. The molecule has 2 fully saturated rings. The summed E-state index contributed by atoms with van der Waals surface area (Å²) in [6.07, 6.45) is 1.03. The molecule has 0 aromatic carbocycles. The van der Waals surface area contributed by atoms with Gasteiger partial charge in [-0.1, -0.05) is 20.8 Å². The zero-order valence-electron chi connectivity index (χ0n) is 16.1. The number of hydrogen-bond acceptors (Lipinski definition) is 4. The smallest absolute Gasteiger partial charge is 0.399 e. The Bertz CT molecular complexity index is 600. The summed E-state index contributed by atoms with van der Waals surface area (Å²) in [5.74, 6) is 0.369. The molecule has 0 aliphatic carbocycles. The number of hydrogen-bond donors (Lipinski definition) is 0. The highest BCUT2D eigenvalue weighted by Gasteiger charge is 2.52. The van der Waals surface area contributed by atoms with Gasteiger partial charge in [-0.05, 0) is 51.7 Å². The molecule has 4 nitrogen and oxygen atoms in total. The maximum absolute atomic E-state index is 6.25. The highest BCUT2D eigenvalue weighted by atomic mass is 16.7. The molecule has 0 N–H and O–H groups in total. The molecule has 1 aromatic heterocycles. The Morgan fingerprint density at radius 2 is 1.71 bits per heavy atom. The van der Waals surface area contributed by atoms with Gasteiger partial charge >= 0.3 is 7.12 Å². The van der Waals surface area contributed by atoms with Crippen LogP contribution in [-0.2, 0) is 19.5 Å². The molecule has 1 atom stereocenters. The van der Waals surface area contributed by atoms with Gasteiger partial charge in [0.15, 0.2) is 0 Å². The summed E-state index contributed by atoms with van der Waals surface area (Å²) in [5.41, 5.74) is 2.56. The molecule has 24 heavy (non-hydrogen) atoms. The van der Waals surface area contributed by atoms with Crippen molar-refractivity contribution < 1.29 is 14.0 Å². The van der Waals surface area contributed by atoms with Crippen molar-refractivity contribution in [3.8, 4) is 0 Å². The van der Waals surface area contributed by atoms with Gasteiger partial charge in [0.1, 0.15) is 0 Å². The molecule has 0 radical (unpaired) electrons. The second-order valence-electron chi connectivity index (χ2n) is 9.11. The normalized spacial score (nSPS) is 26.1. The SMILES string of the molecule is CC(C)(C)c1cc(B2OC(C)(C)C(C)(C)O2)cc(C2CCOC2)n1. The van der Waals surface area contributed by atoms with Crippen LogP contribution in [0.4, 0.5) is 0 Å². The number of aromatic nitrogens is 1.